The molecule has 0 aromatic carbocycles. The summed E-state index contributed by atoms with van der Waals surface area (Å²) in [6, 6.07) is 0. The lowest BCUT2D eigenvalue weighted by molar-refractivity contribution is 0.176. The van der Waals surface area contributed by atoms with Gasteiger partial charge in [0.05, 0.1) is 12.3 Å². The Balaban J connectivity index is 2.53. The molecule has 84 valence electrons. The van der Waals surface area contributed by atoms with Crippen LogP contribution in [0.3, 0.4) is 0 Å². The van der Waals surface area contributed by atoms with Crippen LogP contribution in [0.5, 0.6) is 0 Å². The van der Waals surface area contributed by atoms with Crippen molar-refractivity contribution in [3.8, 4) is 0 Å². The fourth-order valence-corrected chi connectivity index (χ4v) is 1.31. The van der Waals surface area contributed by atoms with E-state index in [0.717, 1.165) is 12.8 Å². The van der Waals surface area contributed by atoms with E-state index >= 15 is 0 Å². The molecule has 0 aliphatic heterocycles. The monoisotopic (exact) mass is 230 g/mol. The summed E-state index contributed by atoms with van der Waals surface area (Å²) < 4.78 is 0. The average molecular weight is 231 g/mol. The van der Waals surface area contributed by atoms with Gasteiger partial charge in [-0.05, 0) is 6.42 Å². The molecule has 0 aliphatic rings. The molecule has 0 saturated carbocycles. The number of rotatable bonds is 5. The molecule has 1 heterocycles. The molecule has 0 spiro atoms. The first-order valence-corrected chi connectivity index (χ1v) is 5.21. The minimum absolute atomic E-state index is 0.159. The van der Waals surface area contributed by atoms with Crippen molar-refractivity contribution in [3.05, 3.63) is 11.2 Å². The second-order valence-corrected chi connectivity index (χ2v) is 3.66. The van der Waals surface area contributed by atoms with Gasteiger partial charge in [0.2, 0.25) is 5.95 Å². The van der Waals surface area contributed by atoms with Gasteiger partial charge in [-0.2, -0.15) is 4.98 Å². The first-order valence-electron chi connectivity index (χ1n) is 4.83. The van der Waals surface area contributed by atoms with Gasteiger partial charge in [-0.3, -0.25) is 0 Å². The molecule has 0 saturated heterocycles. The van der Waals surface area contributed by atoms with E-state index in [0.29, 0.717) is 17.4 Å². The van der Waals surface area contributed by atoms with Gasteiger partial charge in [0.25, 0.3) is 0 Å². The second kappa shape index (κ2) is 5.72. The van der Waals surface area contributed by atoms with Crippen LogP contribution in [0.2, 0.25) is 5.02 Å². The molecule has 1 aromatic rings. The molecule has 0 radical (unpaired) electrons. The minimum atomic E-state index is -0.401. The van der Waals surface area contributed by atoms with Crippen LogP contribution < -0.4 is 11.1 Å². The van der Waals surface area contributed by atoms with Crippen molar-refractivity contribution in [1.29, 1.82) is 0 Å². The lowest BCUT2D eigenvalue weighted by atomic mass is 10.2. The molecule has 15 heavy (non-hydrogen) atoms. The Hall–Kier alpha value is -1.07. The smallest absolute Gasteiger partial charge is 0.222 e. The van der Waals surface area contributed by atoms with E-state index in [4.69, 9.17) is 17.3 Å². The highest BCUT2D eigenvalue weighted by molar-refractivity contribution is 6.32. The summed E-state index contributed by atoms with van der Waals surface area (Å²) in [5, 5.41) is 12.8. The molecule has 0 amide bonds. The van der Waals surface area contributed by atoms with E-state index in [1.165, 1.54) is 6.20 Å². The largest absolute Gasteiger partial charge is 0.391 e. The molecular weight excluding hydrogens is 216 g/mol. The van der Waals surface area contributed by atoms with E-state index < -0.39 is 6.10 Å². The maximum absolute atomic E-state index is 9.49. The predicted octanol–water partition coefficient (Wildman–Crippen LogP) is 1.29. The van der Waals surface area contributed by atoms with Crippen LogP contribution in [0.1, 0.15) is 19.8 Å². The molecular formula is C9H15ClN4O. The number of halogens is 1. The number of aliphatic hydroxyl groups is 1. The van der Waals surface area contributed by atoms with E-state index in [9.17, 15) is 5.11 Å². The number of nitrogens with two attached hydrogens (primary N) is 1. The van der Waals surface area contributed by atoms with Crippen LogP contribution in [0.25, 0.3) is 0 Å². The zero-order valence-electron chi connectivity index (χ0n) is 8.57. The van der Waals surface area contributed by atoms with Gasteiger partial charge < -0.3 is 16.2 Å². The molecule has 5 nitrogen and oxygen atoms in total. The quantitative estimate of drug-likeness (QED) is 0.710. The lowest BCUT2D eigenvalue weighted by Gasteiger charge is -2.11. The van der Waals surface area contributed by atoms with Crippen LogP contribution in [0.4, 0.5) is 11.8 Å². The molecule has 1 aromatic heterocycles. The first-order chi connectivity index (χ1) is 7.13. The number of nitrogen functional groups attached to an aromatic ring is 1. The van der Waals surface area contributed by atoms with Gasteiger partial charge in [0, 0.05) is 6.54 Å². The topological polar surface area (TPSA) is 84.1 Å². The molecule has 0 fully saturated rings. The maximum Gasteiger partial charge on any atom is 0.222 e. The SMILES string of the molecule is CCCC(O)CNc1nc(N)ncc1Cl. The van der Waals surface area contributed by atoms with Crippen molar-refractivity contribution in [3.63, 3.8) is 0 Å². The van der Waals surface area contributed by atoms with Crippen molar-refractivity contribution < 1.29 is 5.11 Å². The van der Waals surface area contributed by atoms with Gasteiger partial charge in [-0.1, -0.05) is 24.9 Å². The van der Waals surface area contributed by atoms with Crippen LogP contribution in [0, 0.1) is 0 Å². The molecule has 0 aliphatic carbocycles. The molecule has 4 N–H and O–H groups in total. The Kier molecular flexibility index (Phi) is 4.58. The van der Waals surface area contributed by atoms with Crippen molar-refractivity contribution in [1.82, 2.24) is 9.97 Å². The van der Waals surface area contributed by atoms with Gasteiger partial charge in [0.1, 0.15) is 5.02 Å². The molecule has 1 unspecified atom stereocenters. The Morgan fingerprint density at radius 2 is 2.40 bits per heavy atom. The van der Waals surface area contributed by atoms with E-state index in [1.54, 1.807) is 0 Å². The van der Waals surface area contributed by atoms with Gasteiger partial charge in [-0.15, -0.1) is 0 Å². The number of aromatic nitrogens is 2. The van der Waals surface area contributed by atoms with Crippen LogP contribution in [-0.2, 0) is 0 Å². The number of hydrogen-bond acceptors (Lipinski definition) is 5. The zero-order valence-corrected chi connectivity index (χ0v) is 9.33. The highest BCUT2D eigenvalue weighted by Crippen LogP contribution is 2.18. The summed E-state index contributed by atoms with van der Waals surface area (Å²) in [7, 11) is 0. The summed E-state index contributed by atoms with van der Waals surface area (Å²) in [5.74, 6) is 0.617. The number of nitrogens with zero attached hydrogens (tertiary/aromatic N) is 2. The summed E-state index contributed by atoms with van der Waals surface area (Å²) in [5.41, 5.74) is 5.41. The molecule has 0 bridgehead atoms. The van der Waals surface area contributed by atoms with Gasteiger partial charge >= 0.3 is 0 Å². The van der Waals surface area contributed by atoms with Crippen LogP contribution >= 0.6 is 11.6 Å². The lowest BCUT2D eigenvalue weighted by Crippen LogP contribution is -2.20. The van der Waals surface area contributed by atoms with E-state index in [2.05, 4.69) is 15.3 Å². The Morgan fingerprint density at radius 3 is 3.07 bits per heavy atom. The zero-order chi connectivity index (χ0) is 11.3. The van der Waals surface area contributed by atoms with E-state index in [-0.39, 0.29) is 5.95 Å². The molecule has 1 atom stereocenters. The number of aliphatic hydroxyl groups excluding tert-OH is 1. The fourth-order valence-electron chi connectivity index (χ4n) is 1.15. The Labute approximate surface area is 93.7 Å². The second-order valence-electron chi connectivity index (χ2n) is 3.25. The third-order valence-corrected chi connectivity index (χ3v) is 2.17. The maximum atomic E-state index is 9.49. The fraction of sp³-hybridized carbons (Fsp3) is 0.556. The normalized spacial score (nSPS) is 12.5. The minimum Gasteiger partial charge on any atom is -0.391 e. The summed E-state index contributed by atoms with van der Waals surface area (Å²) in [4.78, 5) is 7.65. The Bertz CT molecular complexity index is 321. The number of nitrogens with one attached hydrogen (secondary N) is 1. The molecule has 1 rings (SSSR count). The third-order valence-electron chi connectivity index (χ3n) is 1.89. The van der Waals surface area contributed by atoms with Gasteiger partial charge in [-0.25, -0.2) is 4.98 Å². The van der Waals surface area contributed by atoms with E-state index in [1.807, 2.05) is 6.92 Å². The average Bonchev–Trinajstić information content (AvgIpc) is 2.20. The molecule has 6 heteroatoms. The Morgan fingerprint density at radius 1 is 1.67 bits per heavy atom. The number of anilines is 2. The summed E-state index contributed by atoms with van der Waals surface area (Å²) >= 11 is 5.83. The summed E-state index contributed by atoms with van der Waals surface area (Å²) in [6.45, 7) is 2.42. The van der Waals surface area contributed by atoms with Crippen molar-refractivity contribution >= 4 is 23.4 Å². The first kappa shape index (κ1) is 12.0. The standard InChI is InChI=1S/C9H15ClN4O/c1-2-3-6(15)4-12-8-7(10)5-13-9(11)14-8/h5-6,15H,2-4H2,1H3,(H3,11,12,13,14). The van der Waals surface area contributed by atoms with Crippen molar-refractivity contribution in [2.24, 2.45) is 0 Å². The predicted molar refractivity (Wildman–Crippen MR) is 60.9 cm³/mol. The van der Waals surface area contributed by atoms with Crippen LogP contribution in [0.15, 0.2) is 6.20 Å². The number of hydrogen-bond donors (Lipinski definition) is 3. The van der Waals surface area contributed by atoms with Crippen LogP contribution in [-0.4, -0.2) is 27.7 Å². The third kappa shape index (κ3) is 3.89. The van der Waals surface area contributed by atoms with Gasteiger partial charge in [0.15, 0.2) is 5.82 Å². The highest BCUT2D eigenvalue weighted by atomic mass is 35.5. The van der Waals surface area contributed by atoms with Crippen molar-refractivity contribution in [2.75, 3.05) is 17.6 Å². The van der Waals surface area contributed by atoms with Crippen molar-refractivity contribution in [2.45, 2.75) is 25.9 Å². The summed E-state index contributed by atoms with van der Waals surface area (Å²) in [6.07, 6.45) is 2.70. The highest BCUT2D eigenvalue weighted by Gasteiger charge is 2.06.